The standard InChI is InChI=1S/C33H39N3O12/c1-32(2)16-43-30(41)27(32)47-22(38)9-8-18-5-3-6-19(13-18)15-36-25-29(40)46-21-14-33(25,26(48-36)24-23(21)44-17-45-24)31(42)35-11-4-7-20(35)28(39)34-10-12-37/h3,5-6,8-9,13,20-21,23-27,37H,4,7,10-12,14-17H2,1-2H3,(H,34,39)/t20-,21-,23+,24+,25+,26-,27+,33+/m1/s1. The highest BCUT2D eigenvalue weighted by atomic mass is 16.8. The van der Waals surface area contributed by atoms with Gasteiger partial charge in [-0.15, -0.1) is 0 Å². The molecule has 15 heteroatoms. The molecule has 5 saturated heterocycles. The number of cyclic esters (lactones) is 1. The third-order valence-corrected chi connectivity index (χ3v) is 10.1. The summed E-state index contributed by atoms with van der Waals surface area (Å²) in [6.07, 6.45) is 0.105. The smallest absolute Gasteiger partial charge is 0.348 e. The van der Waals surface area contributed by atoms with Gasteiger partial charge in [-0.05, 0) is 30.0 Å². The number of hydroxylamine groups is 2. The summed E-state index contributed by atoms with van der Waals surface area (Å²) in [6.45, 7) is 3.95. The lowest BCUT2D eigenvalue weighted by Crippen LogP contribution is -2.70. The Balaban J connectivity index is 1.13. The van der Waals surface area contributed by atoms with Crippen molar-refractivity contribution in [2.24, 2.45) is 10.8 Å². The van der Waals surface area contributed by atoms with Gasteiger partial charge < -0.3 is 39.0 Å². The van der Waals surface area contributed by atoms with E-state index in [0.717, 1.165) is 0 Å². The number of amides is 2. The van der Waals surface area contributed by atoms with Crippen LogP contribution in [0.15, 0.2) is 30.3 Å². The van der Waals surface area contributed by atoms with Crippen LogP contribution >= 0.6 is 0 Å². The van der Waals surface area contributed by atoms with Crippen molar-refractivity contribution in [3.63, 3.8) is 0 Å². The van der Waals surface area contributed by atoms with Gasteiger partial charge >= 0.3 is 17.9 Å². The fourth-order valence-electron chi connectivity index (χ4n) is 7.89. The fourth-order valence-corrected chi connectivity index (χ4v) is 7.89. The van der Waals surface area contributed by atoms with Crippen molar-refractivity contribution in [1.82, 2.24) is 15.3 Å². The Kier molecular flexibility index (Phi) is 8.52. The molecule has 7 rings (SSSR count). The Labute approximate surface area is 276 Å². The molecule has 8 atom stereocenters. The lowest BCUT2D eigenvalue weighted by atomic mass is 9.62. The van der Waals surface area contributed by atoms with Gasteiger partial charge in [0.2, 0.25) is 17.9 Å². The number of aliphatic hydroxyl groups is 1. The van der Waals surface area contributed by atoms with Gasteiger partial charge in [0.25, 0.3) is 0 Å². The third kappa shape index (κ3) is 5.47. The van der Waals surface area contributed by atoms with Crippen molar-refractivity contribution in [2.75, 3.05) is 33.1 Å². The zero-order valence-electron chi connectivity index (χ0n) is 26.7. The molecule has 1 saturated carbocycles. The average Bonchev–Trinajstić information content (AvgIpc) is 3.86. The molecule has 15 nitrogen and oxygen atoms in total. The van der Waals surface area contributed by atoms with Gasteiger partial charge in [-0.1, -0.05) is 38.1 Å². The molecule has 1 aromatic carbocycles. The number of aliphatic hydroxyl groups excluding tert-OH is 1. The van der Waals surface area contributed by atoms with Crippen molar-refractivity contribution in [1.29, 1.82) is 0 Å². The maximum Gasteiger partial charge on any atom is 0.348 e. The Bertz CT molecular complexity index is 1530. The van der Waals surface area contributed by atoms with Crippen LogP contribution in [0, 0.1) is 10.8 Å². The molecule has 2 bridgehead atoms. The maximum atomic E-state index is 14.7. The van der Waals surface area contributed by atoms with Crippen molar-refractivity contribution in [3.8, 4) is 0 Å². The highest BCUT2D eigenvalue weighted by molar-refractivity contribution is 5.96. The Morgan fingerprint density at radius 1 is 1.15 bits per heavy atom. The first-order valence-corrected chi connectivity index (χ1v) is 16.2. The highest BCUT2D eigenvalue weighted by Crippen LogP contribution is 2.56. The molecule has 5 aliphatic heterocycles. The molecule has 2 amide bonds. The van der Waals surface area contributed by atoms with Crippen LogP contribution in [0.1, 0.15) is 44.2 Å². The van der Waals surface area contributed by atoms with E-state index < -0.39 is 71.3 Å². The first-order chi connectivity index (χ1) is 23.0. The summed E-state index contributed by atoms with van der Waals surface area (Å²) in [5.74, 6) is -2.63. The summed E-state index contributed by atoms with van der Waals surface area (Å²) < 4.78 is 28.0. The summed E-state index contributed by atoms with van der Waals surface area (Å²) in [5, 5.41) is 13.3. The summed E-state index contributed by atoms with van der Waals surface area (Å²) >= 11 is 0. The minimum atomic E-state index is -1.40. The number of ether oxygens (including phenoxy) is 5. The van der Waals surface area contributed by atoms with Crippen LogP contribution in [-0.2, 0) is 59.0 Å². The number of rotatable bonds is 9. The van der Waals surface area contributed by atoms with Crippen molar-refractivity contribution >= 4 is 35.8 Å². The lowest BCUT2D eigenvalue weighted by molar-refractivity contribution is -0.204. The molecule has 6 fully saturated rings. The molecule has 258 valence electrons. The van der Waals surface area contributed by atoms with E-state index in [9.17, 15) is 29.1 Å². The topological polar surface area (TPSA) is 179 Å². The SMILES string of the molecule is CC1(C)COC(=O)[C@@H]1OC(=O)C=Cc1cccc(CN2O[C@@H]3[C@H]4OCO[C@H]4[C@H]4C[C@]3(C(=O)N3CCC[C@@H]3C(=O)NCCO)[C@@H]2C(=O)O4)c1. The van der Waals surface area contributed by atoms with E-state index in [1.165, 1.54) is 16.0 Å². The summed E-state index contributed by atoms with van der Waals surface area (Å²) in [6, 6.07) is 5.31. The van der Waals surface area contributed by atoms with Crippen LogP contribution in [0.2, 0.25) is 0 Å². The van der Waals surface area contributed by atoms with Crippen LogP contribution in [0.25, 0.3) is 6.08 Å². The molecule has 6 aliphatic rings. The molecule has 1 aliphatic carbocycles. The summed E-state index contributed by atoms with van der Waals surface area (Å²) in [7, 11) is 0. The van der Waals surface area contributed by atoms with Gasteiger partial charge in [0.1, 0.15) is 49.3 Å². The molecule has 48 heavy (non-hydrogen) atoms. The van der Waals surface area contributed by atoms with Gasteiger partial charge in [0, 0.05) is 31.0 Å². The predicted molar refractivity (Wildman–Crippen MR) is 161 cm³/mol. The molecule has 0 radical (unpaired) electrons. The van der Waals surface area contributed by atoms with Crippen molar-refractivity contribution in [2.45, 2.75) is 82.3 Å². The third-order valence-electron chi connectivity index (χ3n) is 10.1. The molecule has 0 spiro atoms. The minimum absolute atomic E-state index is 0.0374. The summed E-state index contributed by atoms with van der Waals surface area (Å²) in [5.41, 5.74) is -0.674. The Hall–Kier alpha value is -3.89. The minimum Gasteiger partial charge on any atom is -0.462 e. The molecule has 0 aromatic heterocycles. The molecule has 0 unspecified atom stereocenters. The van der Waals surface area contributed by atoms with Crippen LogP contribution in [0.3, 0.4) is 0 Å². The second kappa shape index (κ2) is 12.5. The summed E-state index contributed by atoms with van der Waals surface area (Å²) in [4.78, 5) is 74.1. The predicted octanol–water partition coefficient (Wildman–Crippen LogP) is -0.164. The zero-order chi connectivity index (χ0) is 33.8. The van der Waals surface area contributed by atoms with Gasteiger partial charge in [0.05, 0.1) is 13.2 Å². The molecular weight excluding hydrogens is 630 g/mol. The monoisotopic (exact) mass is 669 g/mol. The van der Waals surface area contributed by atoms with Crippen molar-refractivity contribution < 1.29 is 57.6 Å². The van der Waals surface area contributed by atoms with Gasteiger partial charge in [-0.3, -0.25) is 19.2 Å². The van der Waals surface area contributed by atoms with Gasteiger partial charge in [-0.25, -0.2) is 9.59 Å². The number of carbonyl (C=O) groups is 5. The number of likely N-dealkylation sites (tertiary alicyclic amines) is 1. The fraction of sp³-hybridized carbons (Fsp3) is 0.606. The van der Waals surface area contributed by atoms with Crippen LogP contribution in [-0.4, -0.2) is 120 Å². The van der Waals surface area contributed by atoms with E-state index in [0.29, 0.717) is 30.5 Å². The van der Waals surface area contributed by atoms with Crippen LogP contribution < -0.4 is 5.32 Å². The largest absolute Gasteiger partial charge is 0.462 e. The molecular formula is C33H39N3O12. The second-order valence-corrected chi connectivity index (χ2v) is 13.8. The van der Waals surface area contributed by atoms with Crippen molar-refractivity contribution in [3.05, 3.63) is 41.5 Å². The normalized spacial score (nSPS) is 35.0. The van der Waals surface area contributed by atoms with Gasteiger partial charge in [0.15, 0.2) is 6.04 Å². The lowest BCUT2D eigenvalue weighted by Gasteiger charge is -2.50. The van der Waals surface area contributed by atoms with Gasteiger partial charge in [-0.2, -0.15) is 5.06 Å². The van der Waals surface area contributed by atoms with Crippen LogP contribution in [0.4, 0.5) is 0 Å². The average molecular weight is 670 g/mol. The number of esters is 3. The first-order valence-electron chi connectivity index (χ1n) is 16.2. The molecule has 2 N–H and O–H groups in total. The number of fused-ring (bicyclic) bond motifs is 4. The number of carbonyl (C=O) groups excluding carboxylic acids is 5. The number of benzene rings is 1. The molecule has 5 heterocycles. The number of hydrogen-bond acceptors (Lipinski definition) is 13. The zero-order valence-corrected chi connectivity index (χ0v) is 26.7. The molecule has 1 aromatic rings. The quantitative estimate of drug-likeness (QED) is 0.201. The second-order valence-electron chi connectivity index (χ2n) is 13.8. The number of nitrogens with zero attached hydrogens (tertiary/aromatic N) is 2. The highest BCUT2D eigenvalue weighted by Gasteiger charge is 2.75. The Morgan fingerprint density at radius 3 is 2.73 bits per heavy atom. The maximum absolute atomic E-state index is 14.7. The van der Waals surface area contributed by atoms with E-state index >= 15 is 0 Å². The Morgan fingerprint density at radius 2 is 1.96 bits per heavy atom. The van der Waals surface area contributed by atoms with Crippen LogP contribution in [0.5, 0.6) is 0 Å². The van der Waals surface area contributed by atoms with E-state index in [-0.39, 0.29) is 51.3 Å². The first kappa shape index (κ1) is 32.6. The van der Waals surface area contributed by atoms with E-state index in [1.807, 2.05) is 6.07 Å². The van der Waals surface area contributed by atoms with E-state index in [4.69, 9.17) is 28.5 Å². The van der Waals surface area contributed by atoms with E-state index in [1.54, 1.807) is 38.1 Å². The number of nitrogens with one attached hydrogen (secondary N) is 1. The van der Waals surface area contributed by atoms with E-state index in [2.05, 4.69) is 5.32 Å². The number of hydrogen-bond donors (Lipinski definition) is 2.